The maximum Gasteiger partial charge on any atom is 0.420 e. The predicted molar refractivity (Wildman–Crippen MR) is 57.1 cm³/mol. The number of halogens is 6. The Morgan fingerprint density at radius 3 is 2.40 bits per heavy atom. The van der Waals surface area contributed by atoms with Crippen LogP contribution in [-0.2, 0) is 6.18 Å². The molecule has 0 atom stereocenters. The number of carbonyl (C=O) groups is 1. The van der Waals surface area contributed by atoms with Crippen LogP contribution >= 0.6 is 11.6 Å². The molecule has 0 unspecified atom stereocenters. The number of hydrogen-bond acceptors (Lipinski definition) is 2. The van der Waals surface area contributed by atoms with Crippen LogP contribution in [0.4, 0.5) is 22.0 Å². The highest BCUT2D eigenvalue weighted by atomic mass is 35.5. The molecule has 0 aliphatic heterocycles. The summed E-state index contributed by atoms with van der Waals surface area (Å²) in [7, 11) is 0. The van der Waals surface area contributed by atoms with Gasteiger partial charge in [0.05, 0.1) is 5.52 Å². The zero-order valence-electron chi connectivity index (χ0n) is 9.25. The molecule has 4 nitrogen and oxygen atoms in total. The summed E-state index contributed by atoms with van der Waals surface area (Å²) in [6, 6.07) is 1.61. The fraction of sp³-hybridized carbons (Fsp3) is 0.200. The van der Waals surface area contributed by atoms with E-state index in [1.54, 1.807) is 0 Å². The molecule has 0 aromatic carbocycles. The van der Waals surface area contributed by atoms with Gasteiger partial charge in [-0.05, 0) is 12.1 Å². The number of aromatic carboxylic acids is 1. The van der Waals surface area contributed by atoms with Crippen molar-refractivity contribution in [3.63, 3.8) is 0 Å². The monoisotopic (exact) mass is 314 g/mol. The largest absolute Gasteiger partial charge is 0.476 e. The van der Waals surface area contributed by atoms with E-state index in [1.165, 1.54) is 0 Å². The number of alkyl halides is 5. The molecule has 10 heteroatoms. The first-order chi connectivity index (χ1) is 9.14. The summed E-state index contributed by atoms with van der Waals surface area (Å²) in [5.41, 5.74) is -5.19. The van der Waals surface area contributed by atoms with Gasteiger partial charge in [-0.25, -0.2) is 18.1 Å². The lowest BCUT2D eigenvalue weighted by Crippen LogP contribution is -2.12. The summed E-state index contributed by atoms with van der Waals surface area (Å²) in [6.07, 6.45) is -8.40. The van der Waals surface area contributed by atoms with Crippen molar-refractivity contribution >= 4 is 23.1 Å². The molecule has 0 amide bonds. The SMILES string of the molecule is O=C(O)c1nn2c(Cl)ccc(C(F)F)c2c1C(F)(F)F. The average Bonchev–Trinajstić information content (AvgIpc) is 2.69. The minimum absolute atomic E-state index is 0.343. The van der Waals surface area contributed by atoms with Crippen LogP contribution in [0.2, 0.25) is 5.15 Å². The van der Waals surface area contributed by atoms with Crippen LogP contribution in [-0.4, -0.2) is 20.7 Å². The number of rotatable bonds is 2. The Morgan fingerprint density at radius 1 is 1.35 bits per heavy atom. The molecule has 2 aromatic heterocycles. The van der Waals surface area contributed by atoms with Gasteiger partial charge in [0.2, 0.25) is 0 Å². The summed E-state index contributed by atoms with van der Waals surface area (Å²) in [6.45, 7) is 0. The maximum atomic E-state index is 12.9. The molecular formula is C10H4ClF5N2O2. The summed E-state index contributed by atoms with van der Waals surface area (Å²) < 4.78 is 64.8. The van der Waals surface area contributed by atoms with Gasteiger partial charge in [-0.3, -0.25) is 0 Å². The summed E-state index contributed by atoms with van der Waals surface area (Å²) in [5, 5.41) is 11.5. The lowest BCUT2D eigenvalue weighted by molar-refractivity contribution is -0.136. The van der Waals surface area contributed by atoms with Gasteiger partial charge in [-0.15, -0.1) is 0 Å². The third kappa shape index (κ3) is 2.17. The van der Waals surface area contributed by atoms with Crippen LogP contribution in [0.15, 0.2) is 12.1 Å². The number of fused-ring (bicyclic) bond motifs is 1. The summed E-state index contributed by atoms with van der Waals surface area (Å²) in [5.74, 6) is -1.99. The van der Waals surface area contributed by atoms with E-state index in [9.17, 15) is 26.7 Å². The molecule has 0 bridgehead atoms. The fourth-order valence-corrected chi connectivity index (χ4v) is 1.93. The van der Waals surface area contributed by atoms with Crippen molar-refractivity contribution < 1.29 is 31.9 Å². The Morgan fingerprint density at radius 2 is 1.95 bits per heavy atom. The second kappa shape index (κ2) is 4.58. The van der Waals surface area contributed by atoms with E-state index < -0.39 is 46.1 Å². The predicted octanol–water partition coefficient (Wildman–Crippen LogP) is 3.64. The molecule has 20 heavy (non-hydrogen) atoms. The molecule has 2 rings (SSSR count). The smallest absolute Gasteiger partial charge is 0.420 e. The molecule has 2 heterocycles. The van der Waals surface area contributed by atoms with Crippen LogP contribution in [0, 0.1) is 0 Å². The van der Waals surface area contributed by atoms with Crippen molar-refractivity contribution in [2.45, 2.75) is 12.6 Å². The van der Waals surface area contributed by atoms with Gasteiger partial charge < -0.3 is 5.11 Å². The van der Waals surface area contributed by atoms with E-state index in [1.807, 2.05) is 0 Å². The molecule has 0 saturated heterocycles. The van der Waals surface area contributed by atoms with E-state index in [0.29, 0.717) is 10.6 Å². The minimum atomic E-state index is -5.16. The highest BCUT2D eigenvalue weighted by molar-refractivity contribution is 6.29. The Kier molecular flexibility index (Phi) is 3.32. The standard InChI is InChI=1S/C10H4ClF5N2O2/c11-4-2-1-3(8(12)13)7-5(10(14,15)16)6(9(19)20)17-18(4)7/h1-2,8H,(H,19,20). The van der Waals surface area contributed by atoms with Crippen LogP contribution in [0.5, 0.6) is 0 Å². The fourth-order valence-electron chi connectivity index (χ4n) is 1.74. The quantitative estimate of drug-likeness (QED) is 0.680. The van der Waals surface area contributed by atoms with Crippen molar-refractivity contribution in [3.8, 4) is 0 Å². The van der Waals surface area contributed by atoms with Crippen LogP contribution in [0.3, 0.4) is 0 Å². The molecule has 0 aliphatic rings. The zero-order chi connectivity index (χ0) is 15.2. The lowest BCUT2D eigenvalue weighted by atomic mass is 10.1. The molecule has 108 valence electrons. The molecule has 1 N–H and O–H groups in total. The van der Waals surface area contributed by atoms with Gasteiger partial charge in [-0.2, -0.15) is 18.3 Å². The Hall–Kier alpha value is -1.90. The number of carboxylic acid groups (broad SMARTS) is 1. The highest BCUT2D eigenvalue weighted by Crippen LogP contribution is 2.39. The average molecular weight is 315 g/mol. The minimum Gasteiger partial charge on any atom is -0.476 e. The van der Waals surface area contributed by atoms with Gasteiger partial charge in [0.1, 0.15) is 10.7 Å². The van der Waals surface area contributed by atoms with Crippen molar-refractivity contribution in [1.29, 1.82) is 0 Å². The molecule has 0 radical (unpaired) electrons. The van der Waals surface area contributed by atoms with Gasteiger partial charge in [-0.1, -0.05) is 11.6 Å². The number of hydrogen-bond donors (Lipinski definition) is 1. The molecule has 0 saturated carbocycles. The Labute approximate surface area is 112 Å². The van der Waals surface area contributed by atoms with Gasteiger partial charge in [0.15, 0.2) is 5.69 Å². The second-order valence-electron chi connectivity index (χ2n) is 3.70. The third-order valence-corrected chi connectivity index (χ3v) is 2.77. The first-order valence-electron chi connectivity index (χ1n) is 4.94. The maximum absolute atomic E-state index is 12.9. The van der Waals surface area contributed by atoms with Gasteiger partial charge >= 0.3 is 12.1 Å². The molecule has 0 spiro atoms. The Bertz CT molecular complexity index is 695. The van der Waals surface area contributed by atoms with Crippen LogP contribution < -0.4 is 0 Å². The molecule has 0 fully saturated rings. The van der Waals surface area contributed by atoms with Crippen LogP contribution in [0.1, 0.15) is 28.0 Å². The van der Waals surface area contributed by atoms with E-state index >= 15 is 0 Å². The van der Waals surface area contributed by atoms with E-state index in [0.717, 1.165) is 6.07 Å². The zero-order valence-corrected chi connectivity index (χ0v) is 10.0. The highest BCUT2D eigenvalue weighted by Gasteiger charge is 2.42. The van der Waals surface area contributed by atoms with Crippen molar-refractivity contribution in [1.82, 2.24) is 9.61 Å². The number of aromatic nitrogens is 2. The third-order valence-electron chi connectivity index (χ3n) is 2.48. The topological polar surface area (TPSA) is 54.6 Å². The summed E-state index contributed by atoms with van der Waals surface area (Å²) >= 11 is 5.57. The van der Waals surface area contributed by atoms with E-state index in [4.69, 9.17) is 16.7 Å². The number of nitrogens with zero attached hydrogens (tertiary/aromatic N) is 2. The lowest BCUT2D eigenvalue weighted by Gasteiger charge is -2.09. The molecular weight excluding hydrogens is 311 g/mol. The van der Waals surface area contributed by atoms with E-state index in [-0.39, 0.29) is 0 Å². The van der Waals surface area contributed by atoms with Crippen molar-refractivity contribution in [2.24, 2.45) is 0 Å². The molecule has 0 aliphatic carbocycles. The first kappa shape index (κ1) is 14.5. The van der Waals surface area contributed by atoms with Gasteiger partial charge in [0.25, 0.3) is 6.43 Å². The normalized spacial score (nSPS) is 12.3. The van der Waals surface area contributed by atoms with E-state index in [2.05, 4.69) is 5.10 Å². The number of pyridine rings is 1. The molecule has 2 aromatic rings. The first-order valence-corrected chi connectivity index (χ1v) is 5.32. The second-order valence-corrected chi connectivity index (χ2v) is 4.09. The van der Waals surface area contributed by atoms with Crippen molar-refractivity contribution in [2.75, 3.05) is 0 Å². The summed E-state index contributed by atoms with van der Waals surface area (Å²) in [4.78, 5) is 10.8. The Balaban J connectivity index is 3.01. The number of carboxylic acids is 1. The van der Waals surface area contributed by atoms with Crippen LogP contribution in [0.25, 0.3) is 5.52 Å². The van der Waals surface area contributed by atoms with Gasteiger partial charge in [0, 0.05) is 5.56 Å². The van der Waals surface area contributed by atoms with Crippen molar-refractivity contribution in [3.05, 3.63) is 34.1 Å².